The lowest BCUT2D eigenvalue weighted by molar-refractivity contribution is -0.175. The molecule has 2 aliphatic carbocycles. The molecule has 0 bridgehead atoms. The summed E-state index contributed by atoms with van der Waals surface area (Å²) in [5, 5.41) is 0. The van der Waals surface area contributed by atoms with Crippen LogP contribution in [0.4, 0.5) is 16.2 Å². The molecule has 0 unspecified atom stereocenters. The van der Waals surface area contributed by atoms with E-state index < -0.39 is 108 Å². The summed E-state index contributed by atoms with van der Waals surface area (Å²) < 4.78 is 46.5. The lowest BCUT2D eigenvalue weighted by atomic mass is 10.0. The number of hydrogen-bond donors (Lipinski definition) is 0. The largest absolute Gasteiger partial charge is 0.458 e. The van der Waals surface area contributed by atoms with Crippen molar-refractivity contribution >= 4 is 65.0 Å². The fraction of sp³-hybridized carbons (Fsp3) is 0.635. The molecule has 2 aliphatic heterocycles. The molecule has 0 spiro atoms. The van der Waals surface area contributed by atoms with Crippen molar-refractivity contribution in [3.8, 4) is 0 Å². The van der Waals surface area contributed by atoms with Crippen LogP contribution in [-0.4, -0.2) is 208 Å². The molecule has 23 heteroatoms. The first-order valence-electron chi connectivity index (χ1n) is 34.7. The molecule has 4 amide bonds. The number of rotatable bonds is 34. The third kappa shape index (κ3) is 23.7. The number of hydrogen-bond acceptors (Lipinski definition) is 19. The highest BCUT2D eigenvalue weighted by Gasteiger charge is 2.44. The Kier molecular flexibility index (Phi) is 28.5. The second-order valence-electron chi connectivity index (χ2n) is 28.3. The first-order valence-corrected chi connectivity index (χ1v) is 34.7. The summed E-state index contributed by atoms with van der Waals surface area (Å²) in [6.45, 7) is 20.8. The average molecular weight is 1350 g/mol. The van der Waals surface area contributed by atoms with Gasteiger partial charge in [0.25, 0.3) is 17.7 Å². The molecule has 8 atom stereocenters. The standard InChI is InChI=1S/C74H106N6O17/c1-48(2)19-33-59(69(85)94-51(6)68(84)92-47-56-17-15-14-16-18-56)75(10)66(82)63(34-28-52-24-29-57(30-25-52)79-35-39-90-40-36-79)95-71(87)61(44-53-20-21-53)76(11)65(81)50(5)93-70(86)60(43-49(3)4)77(12)67(83)64(46-55-26-31-58(32-27-55)80-37-41-91-42-38-80)96-72(88)62(45-54-22-23-54)78(13)73(89)97-74(7,8)9/h14-18,24-27,29-32,48-51,53-54,59-64H,19-23,28,33-47H2,1-13H3/t50-,51-,59+,60+,61+,62+,63-,64-/m1/s1. The second kappa shape index (κ2) is 36.2. The number of carbonyl (C=O) groups excluding carboxylic acids is 9. The van der Waals surface area contributed by atoms with Crippen LogP contribution >= 0.6 is 0 Å². The molecule has 534 valence electrons. The van der Waals surface area contributed by atoms with E-state index in [1.165, 1.54) is 61.6 Å². The van der Waals surface area contributed by atoms with Crippen molar-refractivity contribution < 1.29 is 81.0 Å². The fourth-order valence-corrected chi connectivity index (χ4v) is 11.8. The Morgan fingerprint density at radius 3 is 1.43 bits per heavy atom. The summed E-state index contributed by atoms with van der Waals surface area (Å²) >= 11 is 0. The third-order valence-corrected chi connectivity index (χ3v) is 18.2. The Labute approximate surface area is 573 Å². The highest BCUT2D eigenvalue weighted by molar-refractivity contribution is 5.93. The number of morpholine rings is 2. The van der Waals surface area contributed by atoms with Crippen molar-refractivity contribution in [3.05, 3.63) is 95.6 Å². The van der Waals surface area contributed by atoms with Gasteiger partial charge in [-0.2, -0.15) is 0 Å². The van der Waals surface area contributed by atoms with Gasteiger partial charge in [0.1, 0.15) is 36.4 Å². The maximum atomic E-state index is 15.1. The summed E-state index contributed by atoms with van der Waals surface area (Å²) in [6.07, 6.45) is -1.90. The number of aryl methyl sites for hydroxylation is 1. The molecule has 23 nitrogen and oxygen atoms in total. The smallest absolute Gasteiger partial charge is 0.410 e. The van der Waals surface area contributed by atoms with Gasteiger partial charge in [0.15, 0.2) is 24.4 Å². The van der Waals surface area contributed by atoms with Gasteiger partial charge >= 0.3 is 35.9 Å². The molecule has 2 saturated carbocycles. The minimum absolute atomic E-state index is 0.0171. The van der Waals surface area contributed by atoms with Crippen LogP contribution in [0.1, 0.15) is 143 Å². The first-order chi connectivity index (χ1) is 46.1. The Balaban J connectivity index is 1.10. The lowest BCUT2D eigenvalue weighted by Crippen LogP contribution is -2.53. The molecular formula is C74H106N6O17. The van der Waals surface area contributed by atoms with E-state index in [-0.39, 0.29) is 75.2 Å². The van der Waals surface area contributed by atoms with Crippen molar-refractivity contribution in [2.24, 2.45) is 23.7 Å². The van der Waals surface area contributed by atoms with E-state index in [2.05, 4.69) is 9.80 Å². The van der Waals surface area contributed by atoms with E-state index in [4.69, 9.17) is 37.9 Å². The Morgan fingerprint density at radius 2 is 0.928 bits per heavy atom. The number of likely N-dealkylation sites (N-methyl/N-ethyl adjacent to an activating group) is 4. The number of nitrogens with zero attached hydrogens (tertiary/aromatic N) is 6. The highest BCUT2D eigenvalue weighted by Crippen LogP contribution is 2.37. The van der Waals surface area contributed by atoms with Crippen LogP contribution in [0.25, 0.3) is 0 Å². The normalized spacial score (nSPS) is 17.4. The van der Waals surface area contributed by atoms with Crippen molar-refractivity contribution in [2.75, 3.05) is 90.6 Å². The molecule has 2 saturated heterocycles. The summed E-state index contributed by atoms with van der Waals surface area (Å²) in [6, 6.07) is 19.6. The van der Waals surface area contributed by atoms with E-state index in [0.29, 0.717) is 51.5 Å². The van der Waals surface area contributed by atoms with Crippen molar-refractivity contribution in [2.45, 2.75) is 200 Å². The minimum Gasteiger partial charge on any atom is -0.458 e. The van der Waals surface area contributed by atoms with Gasteiger partial charge in [-0.25, -0.2) is 28.8 Å². The van der Waals surface area contributed by atoms with Gasteiger partial charge in [-0.3, -0.25) is 19.3 Å². The maximum Gasteiger partial charge on any atom is 0.410 e. The van der Waals surface area contributed by atoms with Gasteiger partial charge in [-0.05, 0) is 144 Å². The van der Waals surface area contributed by atoms with Crippen LogP contribution < -0.4 is 9.80 Å². The van der Waals surface area contributed by atoms with Gasteiger partial charge in [0.2, 0.25) is 0 Å². The SMILES string of the molecule is CC(C)CC[C@@H](C(=O)O[C@H](C)C(=O)OCc1ccccc1)N(C)C(=O)[C@@H](CCc1ccc(N2CCOCC2)cc1)OC(=O)[C@H](CC1CC1)N(C)C(=O)[C@@H](C)OC(=O)[C@H](CC(C)C)N(C)C(=O)[C@@H](Cc1ccc(N2CCOCC2)cc1)OC(=O)[C@H](CC1CC1)N(C)C(=O)OC(C)(C)C. The summed E-state index contributed by atoms with van der Waals surface area (Å²) in [5.74, 6) is -6.34. The topological polar surface area (TPSA) is 247 Å². The van der Waals surface area contributed by atoms with Gasteiger partial charge in [-0.1, -0.05) is 108 Å². The number of anilines is 2. The van der Waals surface area contributed by atoms with E-state index in [1.54, 1.807) is 32.9 Å². The molecule has 3 aromatic carbocycles. The Morgan fingerprint density at radius 1 is 0.474 bits per heavy atom. The number of esters is 5. The van der Waals surface area contributed by atoms with E-state index >= 15 is 9.59 Å². The van der Waals surface area contributed by atoms with Crippen molar-refractivity contribution in [1.82, 2.24) is 19.6 Å². The summed E-state index contributed by atoms with van der Waals surface area (Å²) in [7, 11) is 5.74. The number of ether oxygens (including phenoxy) is 8. The van der Waals surface area contributed by atoms with Crippen molar-refractivity contribution in [3.63, 3.8) is 0 Å². The Hall–Kier alpha value is -7.79. The quantitative estimate of drug-likeness (QED) is 0.0400. The van der Waals surface area contributed by atoms with Crippen LogP contribution in [0.2, 0.25) is 0 Å². The van der Waals surface area contributed by atoms with E-state index in [9.17, 15) is 33.6 Å². The van der Waals surface area contributed by atoms with Gasteiger partial charge < -0.3 is 62.4 Å². The number of carbonyl (C=O) groups is 9. The predicted octanol–water partition coefficient (Wildman–Crippen LogP) is 8.76. The zero-order valence-corrected chi connectivity index (χ0v) is 59.4. The lowest BCUT2D eigenvalue weighted by Gasteiger charge is -2.34. The van der Waals surface area contributed by atoms with Crippen LogP contribution in [0.5, 0.6) is 0 Å². The molecule has 0 aromatic heterocycles. The molecule has 4 aliphatic rings. The molecule has 97 heavy (non-hydrogen) atoms. The predicted molar refractivity (Wildman–Crippen MR) is 364 cm³/mol. The van der Waals surface area contributed by atoms with Crippen LogP contribution in [-0.2, 0) is 95.7 Å². The summed E-state index contributed by atoms with van der Waals surface area (Å²) in [4.78, 5) is 139. The highest BCUT2D eigenvalue weighted by atomic mass is 16.6. The fourth-order valence-electron chi connectivity index (χ4n) is 11.8. The maximum absolute atomic E-state index is 15.1. The zero-order valence-electron chi connectivity index (χ0n) is 59.4. The molecule has 7 rings (SSSR count). The summed E-state index contributed by atoms with van der Waals surface area (Å²) in [5.41, 5.74) is 3.35. The number of benzene rings is 3. The molecule has 2 heterocycles. The Bertz CT molecular complexity index is 3080. The monoisotopic (exact) mass is 1350 g/mol. The molecule has 0 radical (unpaired) electrons. The van der Waals surface area contributed by atoms with Gasteiger partial charge in [-0.15, -0.1) is 0 Å². The number of amides is 4. The minimum atomic E-state index is -1.51. The molecule has 0 N–H and O–H groups in total. The molecule has 4 fully saturated rings. The van der Waals surface area contributed by atoms with Gasteiger partial charge in [0.05, 0.1) is 26.4 Å². The zero-order chi connectivity index (χ0) is 70.7. The van der Waals surface area contributed by atoms with Gasteiger partial charge in [0, 0.05) is 72.2 Å². The van der Waals surface area contributed by atoms with E-state index in [0.717, 1.165) is 61.3 Å². The van der Waals surface area contributed by atoms with E-state index in [1.807, 2.05) is 94.4 Å². The third-order valence-electron chi connectivity index (χ3n) is 18.2. The molecular weight excluding hydrogens is 1240 g/mol. The van der Waals surface area contributed by atoms with Crippen LogP contribution in [0, 0.1) is 23.7 Å². The van der Waals surface area contributed by atoms with Crippen LogP contribution in [0.15, 0.2) is 78.9 Å². The van der Waals surface area contributed by atoms with Crippen LogP contribution in [0.3, 0.4) is 0 Å². The second-order valence-corrected chi connectivity index (χ2v) is 28.3. The molecule has 3 aromatic rings. The first kappa shape index (κ1) is 76.6. The van der Waals surface area contributed by atoms with Crippen molar-refractivity contribution in [1.29, 1.82) is 0 Å². The average Bonchev–Trinajstić information content (AvgIpc) is 1.35.